The van der Waals surface area contributed by atoms with E-state index in [1.807, 2.05) is 0 Å². The molecule has 1 saturated heterocycles. The Morgan fingerprint density at radius 1 is 1.38 bits per heavy atom. The molecule has 0 spiro atoms. The second-order valence-electron chi connectivity index (χ2n) is 3.81. The molecule has 1 aliphatic heterocycles. The maximum absolute atomic E-state index is 10.8. The Balaban J connectivity index is 0.00000144. The molecule has 1 heterocycles. The molecule has 0 aromatic rings. The zero-order valence-electron chi connectivity index (χ0n) is 8.32. The average Bonchev–Trinajstić information content (AvgIpc) is 2.04. The van der Waals surface area contributed by atoms with E-state index < -0.39 is 0 Å². The first kappa shape index (κ1) is 12.9. The van der Waals surface area contributed by atoms with E-state index in [1.54, 1.807) is 0 Å². The summed E-state index contributed by atoms with van der Waals surface area (Å²) in [6.07, 6.45) is 1.88. The van der Waals surface area contributed by atoms with Gasteiger partial charge < -0.3 is 10.6 Å². The Morgan fingerprint density at radius 2 is 1.85 bits per heavy atom. The zero-order valence-corrected chi connectivity index (χ0v) is 10.0. The van der Waals surface area contributed by atoms with Crippen molar-refractivity contribution in [3.8, 4) is 0 Å². The van der Waals surface area contributed by atoms with Crippen LogP contribution in [0.4, 0.5) is 0 Å². The number of piperidine rings is 1. The highest BCUT2D eigenvalue weighted by atomic mass is 79.9. The molecule has 4 heteroatoms. The number of amides is 1. The summed E-state index contributed by atoms with van der Waals surface area (Å²) in [6.45, 7) is 6.41. The fourth-order valence-corrected chi connectivity index (χ4v) is 1.70. The highest BCUT2D eigenvalue weighted by molar-refractivity contribution is 8.93. The molecule has 0 atom stereocenters. The number of hydrogen-bond donors (Lipinski definition) is 1. The number of carbonyl (C=O) groups excluding carboxylic acids is 1. The van der Waals surface area contributed by atoms with Crippen molar-refractivity contribution in [3.05, 3.63) is 0 Å². The van der Waals surface area contributed by atoms with Crippen LogP contribution in [0.5, 0.6) is 0 Å². The third-order valence-electron chi connectivity index (χ3n) is 2.66. The van der Waals surface area contributed by atoms with Gasteiger partial charge in [-0.3, -0.25) is 4.79 Å². The zero-order chi connectivity index (χ0) is 9.14. The predicted molar refractivity (Wildman–Crippen MR) is 58.9 cm³/mol. The van der Waals surface area contributed by atoms with Crippen molar-refractivity contribution < 1.29 is 4.79 Å². The SMILES string of the molecule is Br.CC(C)N1CCC(C(N)=O)CC1. The van der Waals surface area contributed by atoms with E-state index >= 15 is 0 Å². The lowest BCUT2D eigenvalue weighted by atomic mass is 9.95. The maximum atomic E-state index is 10.8. The van der Waals surface area contributed by atoms with Gasteiger partial charge in [-0.05, 0) is 39.8 Å². The molecule has 1 amide bonds. The van der Waals surface area contributed by atoms with E-state index in [1.165, 1.54) is 0 Å². The summed E-state index contributed by atoms with van der Waals surface area (Å²) < 4.78 is 0. The van der Waals surface area contributed by atoms with E-state index in [-0.39, 0.29) is 28.8 Å². The molecule has 0 radical (unpaired) electrons. The van der Waals surface area contributed by atoms with Gasteiger partial charge in [0, 0.05) is 12.0 Å². The molecule has 1 aliphatic rings. The number of nitrogens with two attached hydrogens (primary N) is 1. The molecule has 0 aromatic carbocycles. The van der Waals surface area contributed by atoms with Crippen LogP contribution in [0.1, 0.15) is 26.7 Å². The van der Waals surface area contributed by atoms with Gasteiger partial charge in [-0.25, -0.2) is 0 Å². The number of hydrogen-bond acceptors (Lipinski definition) is 2. The summed E-state index contributed by atoms with van der Waals surface area (Å²) in [4.78, 5) is 13.2. The molecule has 0 aliphatic carbocycles. The number of rotatable bonds is 2. The topological polar surface area (TPSA) is 46.3 Å². The summed E-state index contributed by atoms with van der Waals surface area (Å²) in [7, 11) is 0. The van der Waals surface area contributed by atoms with Crippen molar-refractivity contribution in [1.82, 2.24) is 4.90 Å². The van der Waals surface area contributed by atoms with Crippen LogP contribution in [0, 0.1) is 5.92 Å². The van der Waals surface area contributed by atoms with Crippen LogP contribution >= 0.6 is 17.0 Å². The third-order valence-corrected chi connectivity index (χ3v) is 2.66. The Bertz CT molecular complexity index is 165. The van der Waals surface area contributed by atoms with Crippen molar-refractivity contribution in [2.75, 3.05) is 13.1 Å². The van der Waals surface area contributed by atoms with Crippen molar-refractivity contribution in [2.24, 2.45) is 11.7 Å². The van der Waals surface area contributed by atoms with E-state index in [0.29, 0.717) is 6.04 Å². The van der Waals surface area contributed by atoms with Crippen LogP contribution in [-0.4, -0.2) is 29.9 Å². The Labute approximate surface area is 90.4 Å². The van der Waals surface area contributed by atoms with Crippen LogP contribution in [-0.2, 0) is 4.79 Å². The lowest BCUT2D eigenvalue weighted by Gasteiger charge is -2.33. The van der Waals surface area contributed by atoms with Crippen molar-refractivity contribution >= 4 is 22.9 Å². The Kier molecular flexibility index (Phi) is 5.56. The van der Waals surface area contributed by atoms with Crippen LogP contribution in [0.2, 0.25) is 0 Å². The summed E-state index contributed by atoms with van der Waals surface area (Å²) >= 11 is 0. The molecule has 0 saturated carbocycles. The molecule has 13 heavy (non-hydrogen) atoms. The summed E-state index contributed by atoms with van der Waals surface area (Å²) in [5.41, 5.74) is 5.23. The minimum absolute atomic E-state index is 0. The van der Waals surface area contributed by atoms with Crippen LogP contribution in [0.25, 0.3) is 0 Å². The molecule has 0 bridgehead atoms. The molecule has 3 nitrogen and oxygen atoms in total. The van der Waals surface area contributed by atoms with Crippen molar-refractivity contribution in [3.63, 3.8) is 0 Å². The first-order valence-corrected chi connectivity index (χ1v) is 4.64. The van der Waals surface area contributed by atoms with Gasteiger partial charge in [-0.15, -0.1) is 17.0 Å². The lowest BCUT2D eigenvalue weighted by molar-refractivity contribution is -0.123. The third kappa shape index (κ3) is 3.65. The lowest BCUT2D eigenvalue weighted by Crippen LogP contribution is -2.41. The standard InChI is InChI=1S/C9H18N2O.BrH/c1-7(2)11-5-3-8(4-6-11)9(10)12;/h7-8H,3-6H2,1-2H3,(H2,10,12);1H. The normalized spacial score (nSPS) is 19.9. The largest absolute Gasteiger partial charge is 0.369 e. The minimum atomic E-state index is -0.126. The summed E-state index contributed by atoms with van der Waals surface area (Å²) in [5.74, 6) is -0.00148. The molecule has 1 fully saturated rings. The van der Waals surface area contributed by atoms with Gasteiger partial charge in [0.05, 0.1) is 0 Å². The van der Waals surface area contributed by atoms with E-state index in [2.05, 4.69) is 18.7 Å². The minimum Gasteiger partial charge on any atom is -0.369 e. The number of likely N-dealkylation sites (tertiary alicyclic amines) is 1. The number of nitrogens with zero attached hydrogens (tertiary/aromatic N) is 1. The van der Waals surface area contributed by atoms with Crippen LogP contribution in [0.15, 0.2) is 0 Å². The summed E-state index contributed by atoms with van der Waals surface area (Å²) in [6, 6.07) is 0.596. The Hall–Kier alpha value is -0.0900. The molecule has 1 rings (SSSR count). The predicted octanol–water partition coefficient (Wildman–Crippen LogP) is 1.17. The van der Waals surface area contributed by atoms with E-state index in [9.17, 15) is 4.79 Å². The Morgan fingerprint density at radius 3 is 2.15 bits per heavy atom. The van der Waals surface area contributed by atoms with Crippen LogP contribution in [0.3, 0.4) is 0 Å². The van der Waals surface area contributed by atoms with Crippen LogP contribution < -0.4 is 5.73 Å². The highest BCUT2D eigenvalue weighted by Gasteiger charge is 2.23. The second kappa shape index (κ2) is 5.60. The van der Waals surface area contributed by atoms with Gasteiger partial charge >= 0.3 is 0 Å². The smallest absolute Gasteiger partial charge is 0.220 e. The molecular weight excluding hydrogens is 232 g/mol. The highest BCUT2D eigenvalue weighted by Crippen LogP contribution is 2.17. The van der Waals surface area contributed by atoms with Gasteiger partial charge in [0.15, 0.2) is 0 Å². The molecule has 0 unspecified atom stereocenters. The molecular formula is C9H19BrN2O. The van der Waals surface area contributed by atoms with Gasteiger partial charge in [-0.1, -0.05) is 0 Å². The monoisotopic (exact) mass is 250 g/mol. The summed E-state index contributed by atoms with van der Waals surface area (Å²) in [5, 5.41) is 0. The fourth-order valence-electron chi connectivity index (χ4n) is 1.70. The average molecular weight is 251 g/mol. The molecule has 78 valence electrons. The quantitative estimate of drug-likeness (QED) is 0.800. The number of primary amides is 1. The second-order valence-corrected chi connectivity index (χ2v) is 3.81. The fraction of sp³-hybridized carbons (Fsp3) is 0.889. The van der Waals surface area contributed by atoms with Crippen molar-refractivity contribution in [2.45, 2.75) is 32.7 Å². The molecule has 0 aromatic heterocycles. The molecule has 2 N–H and O–H groups in total. The maximum Gasteiger partial charge on any atom is 0.220 e. The van der Waals surface area contributed by atoms with E-state index in [0.717, 1.165) is 25.9 Å². The van der Waals surface area contributed by atoms with Crippen molar-refractivity contribution in [1.29, 1.82) is 0 Å². The number of halogens is 1. The van der Waals surface area contributed by atoms with Gasteiger partial charge in [0.2, 0.25) is 5.91 Å². The first-order chi connectivity index (χ1) is 5.61. The number of carbonyl (C=O) groups is 1. The van der Waals surface area contributed by atoms with E-state index in [4.69, 9.17) is 5.73 Å². The van der Waals surface area contributed by atoms with Gasteiger partial charge in [0.25, 0.3) is 0 Å². The van der Waals surface area contributed by atoms with Gasteiger partial charge in [-0.2, -0.15) is 0 Å². The van der Waals surface area contributed by atoms with Gasteiger partial charge in [0.1, 0.15) is 0 Å². The first-order valence-electron chi connectivity index (χ1n) is 4.64.